The maximum Gasteiger partial charge on any atom is 0.416 e. The van der Waals surface area contributed by atoms with Crippen LogP contribution in [0, 0.1) is 47.3 Å². The maximum absolute atomic E-state index is 12.8. The largest absolute Gasteiger partial charge is 0.416 e. The monoisotopic (exact) mass is 519 g/mol. The van der Waals surface area contributed by atoms with Crippen molar-refractivity contribution < 1.29 is 18.3 Å². The van der Waals surface area contributed by atoms with Gasteiger partial charge in [0, 0.05) is 6.54 Å². The molecule has 0 aromatic heterocycles. The van der Waals surface area contributed by atoms with Crippen LogP contribution in [0.2, 0.25) is 0 Å². The predicted molar refractivity (Wildman–Crippen MR) is 112 cm³/mol. The van der Waals surface area contributed by atoms with Gasteiger partial charge in [-0.3, -0.25) is 0 Å². The Morgan fingerprint density at radius 1 is 1.14 bits per heavy atom. The molecule has 5 fully saturated rings. The van der Waals surface area contributed by atoms with Crippen molar-refractivity contribution in [2.45, 2.75) is 31.2 Å². The molecule has 5 saturated carbocycles. The maximum atomic E-state index is 12.8. The van der Waals surface area contributed by atoms with Gasteiger partial charge < -0.3 is 16.2 Å². The van der Waals surface area contributed by atoms with Gasteiger partial charge in [0.15, 0.2) is 5.96 Å². The van der Waals surface area contributed by atoms with Crippen molar-refractivity contribution in [2.75, 3.05) is 6.54 Å². The number of nitrogens with zero attached hydrogens (tertiary/aromatic N) is 1. The Morgan fingerprint density at radius 2 is 1.86 bits per heavy atom. The molecular weight excluding hydrogens is 494 g/mol. The van der Waals surface area contributed by atoms with E-state index >= 15 is 0 Å². The highest BCUT2D eigenvalue weighted by atomic mass is 127. The molecule has 8 heteroatoms. The number of nitrogens with two attached hydrogens (primary N) is 1. The third-order valence-corrected chi connectivity index (χ3v) is 8.76. The number of aliphatic imine (C=N–C) groups is 1. The highest BCUT2D eigenvalue weighted by Gasteiger charge is 2.84. The minimum Gasteiger partial charge on any atom is -0.387 e. The standard InChI is InChI=1S/C21H24F3N3O.HI/c22-21(23,24)10-3-1-2-9(4-10)7-26-19(25)27-8-20(28)17-12-6-13-15-11(12)5-14(17)16(15)18(13)20;/h1-4,11-18,28H,5-8H2,(H3,25,26,27);1H. The van der Waals surface area contributed by atoms with Crippen LogP contribution < -0.4 is 11.1 Å². The van der Waals surface area contributed by atoms with Crippen molar-refractivity contribution in [3.63, 3.8) is 0 Å². The lowest BCUT2D eigenvalue weighted by atomic mass is 9.56. The fourth-order valence-electron chi connectivity index (χ4n) is 8.27. The van der Waals surface area contributed by atoms with E-state index in [1.54, 1.807) is 6.07 Å². The third-order valence-electron chi connectivity index (χ3n) is 8.76. The normalized spacial score (nSPS) is 45.4. The number of aliphatic hydroxyl groups is 1. The Morgan fingerprint density at radius 3 is 2.62 bits per heavy atom. The lowest BCUT2D eigenvalue weighted by molar-refractivity contribution is -0.137. The number of hydrogen-bond donors (Lipinski definition) is 3. The Labute approximate surface area is 184 Å². The minimum absolute atomic E-state index is 0. The first-order valence-electron chi connectivity index (χ1n) is 10.2. The first-order chi connectivity index (χ1) is 13.3. The van der Waals surface area contributed by atoms with Crippen molar-refractivity contribution in [3.05, 3.63) is 35.4 Å². The summed E-state index contributed by atoms with van der Waals surface area (Å²) in [5.74, 6) is 5.49. The zero-order chi connectivity index (χ0) is 19.4. The molecule has 158 valence electrons. The highest BCUT2D eigenvalue weighted by Crippen LogP contribution is 2.85. The molecule has 5 aliphatic carbocycles. The summed E-state index contributed by atoms with van der Waals surface area (Å²) in [4.78, 5) is 4.20. The number of fused-ring (bicyclic) bond motifs is 2. The first kappa shape index (κ1) is 19.9. The Balaban J connectivity index is 0.00000181. The van der Waals surface area contributed by atoms with Crippen LogP contribution in [0.1, 0.15) is 24.0 Å². The lowest BCUT2D eigenvalue weighted by Crippen LogP contribution is -2.59. The summed E-state index contributed by atoms with van der Waals surface area (Å²) in [6, 6.07) is 5.13. The molecule has 0 aliphatic heterocycles. The van der Waals surface area contributed by atoms with Gasteiger partial charge in [-0.25, -0.2) is 4.99 Å². The molecule has 2 bridgehead atoms. The summed E-state index contributed by atoms with van der Waals surface area (Å²) < 4.78 is 38.5. The van der Waals surface area contributed by atoms with Gasteiger partial charge >= 0.3 is 6.18 Å². The van der Waals surface area contributed by atoms with Gasteiger partial charge in [-0.1, -0.05) is 12.1 Å². The molecule has 0 saturated heterocycles. The molecule has 4 N–H and O–H groups in total. The van der Waals surface area contributed by atoms with E-state index in [-0.39, 0.29) is 36.5 Å². The summed E-state index contributed by atoms with van der Waals surface area (Å²) in [7, 11) is 0. The number of guanidine groups is 1. The van der Waals surface area contributed by atoms with Gasteiger partial charge in [-0.15, -0.1) is 24.0 Å². The smallest absolute Gasteiger partial charge is 0.387 e. The van der Waals surface area contributed by atoms with E-state index in [0.717, 1.165) is 24.0 Å². The molecule has 0 radical (unpaired) electrons. The average Bonchev–Trinajstić information content (AvgIpc) is 3.17. The molecule has 4 nitrogen and oxygen atoms in total. The molecule has 9 unspecified atom stereocenters. The molecular formula is C21H25F3IN3O. The van der Waals surface area contributed by atoms with E-state index in [2.05, 4.69) is 10.3 Å². The van der Waals surface area contributed by atoms with Crippen molar-refractivity contribution in [3.8, 4) is 0 Å². The molecule has 5 aliphatic rings. The fraction of sp³-hybridized carbons (Fsp3) is 0.667. The molecule has 0 heterocycles. The van der Waals surface area contributed by atoms with Gasteiger partial charge in [-0.05, 0) is 77.9 Å². The second-order valence-electron chi connectivity index (χ2n) is 9.58. The summed E-state index contributed by atoms with van der Waals surface area (Å²) in [5, 5.41) is 14.6. The lowest BCUT2D eigenvalue weighted by Gasteiger charge is -2.51. The van der Waals surface area contributed by atoms with Crippen molar-refractivity contribution in [1.82, 2.24) is 5.32 Å². The number of nitrogens with one attached hydrogen (secondary N) is 1. The van der Waals surface area contributed by atoms with E-state index in [4.69, 9.17) is 5.73 Å². The summed E-state index contributed by atoms with van der Waals surface area (Å²) in [6.45, 7) is 0.481. The zero-order valence-electron chi connectivity index (χ0n) is 15.8. The minimum atomic E-state index is -4.37. The van der Waals surface area contributed by atoms with E-state index in [1.165, 1.54) is 18.9 Å². The second kappa shape index (κ2) is 6.24. The predicted octanol–water partition coefficient (Wildman–Crippen LogP) is 3.24. The SMILES string of the molecule is I.NC(=NCc1cccc(C(F)(F)F)c1)NCC1(O)C2C3CC4C5C3CC2C5C41. The number of alkyl halides is 3. The van der Waals surface area contributed by atoms with E-state index in [1.807, 2.05) is 0 Å². The van der Waals surface area contributed by atoms with Crippen LogP contribution in [0.25, 0.3) is 0 Å². The summed E-state index contributed by atoms with van der Waals surface area (Å²) in [5.41, 5.74) is 5.05. The van der Waals surface area contributed by atoms with E-state index < -0.39 is 17.3 Å². The Hall–Kier alpha value is -1.03. The van der Waals surface area contributed by atoms with Crippen LogP contribution >= 0.6 is 24.0 Å². The highest BCUT2D eigenvalue weighted by molar-refractivity contribution is 14.0. The molecule has 0 amide bonds. The van der Waals surface area contributed by atoms with E-state index in [9.17, 15) is 18.3 Å². The second-order valence-corrected chi connectivity index (χ2v) is 9.58. The molecule has 0 spiro atoms. The number of benzene rings is 1. The van der Waals surface area contributed by atoms with Gasteiger partial charge in [0.05, 0.1) is 17.7 Å². The first-order valence-corrected chi connectivity index (χ1v) is 10.2. The van der Waals surface area contributed by atoms with Crippen LogP contribution in [-0.2, 0) is 12.7 Å². The molecule has 9 atom stereocenters. The van der Waals surface area contributed by atoms with Gasteiger partial charge in [0.1, 0.15) is 0 Å². The van der Waals surface area contributed by atoms with Crippen LogP contribution in [0.15, 0.2) is 29.3 Å². The molecule has 1 aromatic rings. The van der Waals surface area contributed by atoms with E-state index in [0.29, 0.717) is 47.6 Å². The summed E-state index contributed by atoms with van der Waals surface area (Å²) in [6.07, 6.45) is -1.76. The quantitative estimate of drug-likeness (QED) is 0.325. The Bertz CT molecular complexity index is 871. The van der Waals surface area contributed by atoms with Crippen LogP contribution in [-0.4, -0.2) is 23.2 Å². The molecule has 6 rings (SSSR count). The van der Waals surface area contributed by atoms with Crippen LogP contribution in [0.3, 0.4) is 0 Å². The number of halogens is 4. The van der Waals surface area contributed by atoms with Gasteiger partial charge in [0.25, 0.3) is 0 Å². The van der Waals surface area contributed by atoms with Crippen molar-refractivity contribution in [2.24, 2.45) is 58.1 Å². The summed E-state index contributed by atoms with van der Waals surface area (Å²) >= 11 is 0. The Kier molecular flexibility index (Phi) is 4.29. The van der Waals surface area contributed by atoms with Crippen LogP contribution in [0.5, 0.6) is 0 Å². The van der Waals surface area contributed by atoms with Crippen LogP contribution in [0.4, 0.5) is 13.2 Å². The molecule has 29 heavy (non-hydrogen) atoms. The number of rotatable bonds is 4. The average molecular weight is 519 g/mol. The van der Waals surface area contributed by atoms with Crippen molar-refractivity contribution >= 4 is 29.9 Å². The topological polar surface area (TPSA) is 70.6 Å². The third kappa shape index (κ3) is 2.50. The molecule has 1 aromatic carbocycles. The number of hydrogen-bond acceptors (Lipinski definition) is 2. The van der Waals surface area contributed by atoms with Gasteiger partial charge in [0.2, 0.25) is 0 Å². The van der Waals surface area contributed by atoms with Crippen molar-refractivity contribution in [1.29, 1.82) is 0 Å². The zero-order valence-corrected chi connectivity index (χ0v) is 18.1. The fourth-order valence-corrected chi connectivity index (χ4v) is 8.27. The van der Waals surface area contributed by atoms with Gasteiger partial charge in [-0.2, -0.15) is 13.2 Å².